The van der Waals surface area contributed by atoms with Gasteiger partial charge in [-0.3, -0.25) is 0 Å². The molecule has 6 aromatic rings. The number of thiazole rings is 1. The number of carbonyl (C=O) groups excluding carboxylic acids is 3. The second kappa shape index (κ2) is 18.1. The van der Waals surface area contributed by atoms with E-state index in [0.29, 0.717) is 46.9 Å². The van der Waals surface area contributed by atoms with Crippen molar-refractivity contribution in [1.82, 2.24) is 4.98 Å². The van der Waals surface area contributed by atoms with Crippen LogP contribution in [0, 0.1) is 13.8 Å². The topological polar surface area (TPSA) is 117 Å². The number of ether oxygens (including phenoxy) is 4. The molecule has 0 aliphatic heterocycles. The standard InChI is InChI=1S/C44H41N3O7S/c1-5-7-21-47(44-46-37-11-8-9-12-40(37)55-44)45-28-35-26-34(17-20-39(35)51-22-10-23-52-41(48)6-2)42(49)53-36-18-16-31-25-33(15-14-32(31)27-36)43(50)54-38-19-13-29(3)24-30(38)4/h6,8-9,11-20,24-28H,2,5,7,10,21-23H2,1,3-4H3/b45-28+. The molecule has 0 saturated carbocycles. The second-order valence-electron chi connectivity index (χ2n) is 12.8. The van der Waals surface area contributed by atoms with E-state index in [4.69, 9.17) is 29.0 Å². The summed E-state index contributed by atoms with van der Waals surface area (Å²) in [5, 5.41) is 9.01. The molecule has 0 saturated heterocycles. The van der Waals surface area contributed by atoms with Crippen LogP contribution in [0.3, 0.4) is 0 Å². The van der Waals surface area contributed by atoms with Crippen molar-refractivity contribution < 1.29 is 33.3 Å². The minimum atomic E-state index is -0.570. The number of fused-ring (bicyclic) bond motifs is 2. The number of carbonyl (C=O) groups is 3. The van der Waals surface area contributed by atoms with E-state index >= 15 is 0 Å². The molecule has 0 fully saturated rings. The van der Waals surface area contributed by atoms with E-state index in [1.807, 2.05) is 55.3 Å². The third-order valence-electron chi connectivity index (χ3n) is 8.56. The minimum absolute atomic E-state index is 0.172. The highest BCUT2D eigenvalue weighted by Crippen LogP contribution is 2.30. The molecule has 10 nitrogen and oxygen atoms in total. The number of aromatic nitrogens is 1. The Labute approximate surface area is 323 Å². The van der Waals surface area contributed by atoms with Gasteiger partial charge in [0.15, 0.2) is 0 Å². The monoisotopic (exact) mass is 755 g/mol. The van der Waals surface area contributed by atoms with Gasteiger partial charge in [0, 0.05) is 24.6 Å². The summed E-state index contributed by atoms with van der Waals surface area (Å²) in [6.45, 7) is 10.5. The second-order valence-corrected chi connectivity index (χ2v) is 13.8. The molecule has 0 bridgehead atoms. The van der Waals surface area contributed by atoms with Gasteiger partial charge in [-0.1, -0.05) is 73.2 Å². The van der Waals surface area contributed by atoms with Gasteiger partial charge in [0.25, 0.3) is 0 Å². The Kier molecular flexibility index (Phi) is 12.7. The van der Waals surface area contributed by atoms with Crippen molar-refractivity contribution in [3.05, 3.63) is 138 Å². The van der Waals surface area contributed by atoms with E-state index in [9.17, 15) is 14.4 Å². The number of benzene rings is 5. The molecule has 0 N–H and O–H groups in total. The average molecular weight is 756 g/mol. The van der Waals surface area contributed by atoms with Crippen LogP contribution in [-0.4, -0.2) is 48.9 Å². The maximum absolute atomic E-state index is 13.5. The third-order valence-corrected chi connectivity index (χ3v) is 9.61. The number of hydrogen-bond donors (Lipinski definition) is 0. The summed E-state index contributed by atoms with van der Waals surface area (Å²) in [6, 6.07) is 29.0. The van der Waals surface area contributed by atoms with Gasteiger partial charge in [-0.15, -0.1) is 0 Å². The molecule has 0 atom stereocenters. The highest BCUT2D eigenvalue weighted by atomic mass is 32.1. The normalized spacial score (nSPS) is 11.1. The fraction of sp³-hybridized carbons (Fsp3) is 0.205. The minimum Gasteiger partial charge on any atom is -0.493 e. The Morgan fingerprint density at radius 3 is 2.36 bits per heavy atom. The SMILES string of the molecule is C=CC(=O)OCCCOc1ccc(C(=O)Oc2ccc3cc(C(=O)Oc4ccc(C)cc4C)ccc3c2)cc1/C=N/N(CCCC)c1nc2ccccc2s1. The van der Waals surface area contributed by atoms with Crippen molar-refractivity contribution >= 4 is 61.6 Å². The van der Waals surface area contributed by atoms with Crippen LogP contribution in [0.1, 0.15) is 63.6 Å². The van der Waals surface area contributed by atoms with Gasteiger partial charge in [0.1, 0.15) is 17.2 Å². The number of anilines is 1. The average Bonchev–Trinajstić information content (AvgIpc) is 3.63. The van der Waals surface area contributed by atoms with Crippen molar-refractivity contribution in [3.8, 4) is 17.2 Å². The molecule has 0 spiro atoms. The molecule has 0 radical (unpaired) electrons. The summed E-state index contributed by atoms with van der Waals surface area (Å²) in [5.74, 6) is -0.176. The van der Waals surface area contributed by atoms with Crippen LogP contribution in [0.5, 0.6) is 17.2 Å². The summed E-state index contributed by atoms with van der Waals surface area (Å²) in [6.07, 6.45) is 5.09. The van der Waals surface area contributed by atoms with Crippen LogP contribution in [0.15, 0.2) is 115 Å². The fourth-order valence-corrected chi connectivity index (χ4v) is 6.60. The van der Waals surface area contributed by atoms with E-state index in [1.54, 1.807) is 78.2 Å². The molecule has 0 aliphatic carbocycles. The Hall–Kier alpha value is -6.33. The van der Waals surface area contributed by atoms with Crippen LogP contribution in [0.25, 0.3) is 21.0 Å². The number of unbranched alkanes of at least 4 members (excludes halogenated alkanes) is 1. The lowest BCUT2D eigenvalue weighted by Crippen LogP contribution is -2.18. The van der Waals surface area contributed by atoms with Gasteiger partial charge >= 0.3 is 17.9 Å². The first-order chi connectivity index (χ1) is 26.7. The molecule has 0 aliphatic rings. The van der Waals surface area contributed by atoms with Gasteiger partial charge in [0.2, 0.25) is 5.13 Å². The summed E-state index contributed by atoms with van der Waals surface area (Å²) in [7, 11) is 0. The zero-order valence-corrected chi connectivity index (χ0v) is 31.8. The first-order valence-electron chi connectivity index (χ1n) is 18.0. The van der Waals surface area contributed by atoms with Crippen LogP contribution in [0.2, 0.25) is 0 Å². The predicted molar refractivity (Wildman–Crippen MR) is 217 cm³/mol. The smallest absolute Gasteiger partial charge is 0.343 e. The van der Waals surface area contributed by atoms with E-state index in [2.05, 4.69) is 13.5 Å². The molecular formula is C44H41N3O7S. The number of para-hydroxylation sites is 1. The third kappa shape index (κ3) is 10.0. The van der Waals surface area contributed by atoms with Crippen LogP contribution < -0.4 is 19.2 Å². The number of hydrogen-bond acceptors (Lipinski definition) is 11. The predicted octanol–water partition coefficient (Wildman–Crippen LogP) is 9.64. The van der Waals surface area contributed by atoms with Crippen molar-refractivity contribution in [1.29, 1.82) is 0 Å². The maximum Gasteiger partial charge on any atom is 0.343 e. The summed E-state index contributed by atoms with van der Waals surface area (Å²) < 4.78 is 23.7. The Balaban J connectivity index is 1.20. The molecule has 1 heterocycles. The Morgan fingerprint density at radius 2 is 1.56 bits per heavy atom. The number of rotatable bonds is 16. The first-order valence-corrected chi connectivity index (χ1v) is 18.8. The molecule has 1 aromatic heterocycles. The number of esters is 3. The van der Waals surface area contributed by atoms with E-state index in [1.165, 1.54) is 0 Å². The molecule has 55 heavy (non-hydrogen) atoms. The molecule has 0 amide bonds. The Bertz CT molecular complexity index is 2350. The van der Waals surface area contributed by atoms with Gasteiger partial charge < -0.3 is 18.9 Å². The summed E-state index contributed by atoms with van der Waals surface area (Å²) in [4.78, 5) is 42.7. The first kappa shape index (κ1) is 38.4. The molecule has 6 rings (SSSR count). The zero-order chi connectivity index (χ0) is 38.7. The lowest BCUT2D eigenvalue weighted by atomic mass is 10.1. The van der Waals surface area contributed by atoms with E-state index in [0.717, 1.165) is 56.2 Å². The van der Waals surface area contributed by atoms with Crippen molar-refractivity contribution in [2.45, 2.75) is 40.0 Å². The van der Waals surface area contributed by atoms with E-state index < -0.39 is 17.9 Å². The number of aryl methyl sites for hydroxylation is 2. The highest BCUT2D eigenvalue weighted by molar-refractivity contribution is 7.22. The van der Waals surface area contributed by atoms with Crippen molar-refractivity contribution in [2.75, 3.05) is 24.8 Å². The molecule has 5 aromatic carbocycles. The van der Waals surface area contributed by atoms with Crippen LogP contribution in [0.4, 0.5) is 5.13 Å². The van der Waals surface area contributed by atoms with Gasteiger partial charge in [-0.25, -0.2) is 24.4 Å². The van der Waals surface area contributed by atoms with Gasteiger partial charge in [-0.2, -0.15) is 5.10 Å². The van der Waals surface area contributed by atoms with Crippen molar-refractivity contribution in [3.63, 3.8) is 0 Å². The summed E-state index contributed by atoms with van der Waals surface area (Å²) in [5.41, 5.74) is 4.11. The summed E-state index contributed by atoms with van der Waals surface area (Å²) >= 11 is 1.56. The fourth-order valence-electron chi connectivity index (χ4n) is 5.65. The number of hydrazone groups is 1. The zero-order valence-electron chi connectivity index (χ0n) is 30.9. The van der Waals surface area contributed by atoms with Gasteiger partial charge in [0.05, 0.1) is 40.8 Å². The Morgan fingerprint density at radius 1 is 0.818 bits per heavy atom. The quantitative estimate of drug-likeness (QED) is 0.0238. The van der Waals surface area contributed by atoms with E-state index in [-0.39, 0.29) is 13.2 Å². The largest absolute Gasteiger partial charge is 0.493 e. The van der Waals surface area contributed by atoms with Crippen LogP contribution >= 0.6 is 11.3 Å². The lowest BCUT2D eigenvalue weighted by Gasteiger charge is -2.16. The molecule has 280 valence electrons. The maximum atomic E-state index is 13.5. The highest BCUT2D eigenvalue weighted by Gasteiger charge is 2.16. The number of nitrogens with zero attached hydrogens (tertiary/aromatic N) is 3. The van der Waals surface area contributed by atoms with Crippen molar-refractivity contribution in [2.24, 2.45) is 5.10 Å². The lowest BCUT2D eigenvalue weighted by molar-refractivity contribution is -0.137. The van der Waals surface area contributed by atoms with Gasteiger partial charge in [-0.05, 0) is 97.3 Å². The van der Waals surface area contributed by atoms with Crippen LogP contribution in [-0.2, 0) is 9.53 Å². The molecular weight excluding hydrogens is 715 g/mol. The molecule has 11 heteroatoms. The molecule has 0 unspecified atom stereocenters.